The van der Waals surface area contributed by atoms with Crippen molar-refractivity contribution >= 4 is 16.6 Å². The van der Waals surface area contributed by atoms with Gasteiger partial charge in [-0.1, -0.05) is 6.07 Å². The van der Waals surface area contributed by atoms with Crippen molar-refractivity contribution in [2.24, 2.45) is 0 Å². The van der Waals surface area contributed by atoms with Crippen molar-refractivity contribution in [2.45, 2.75) is 25.8 Å². The van der Waals surface area contributed by atoms with Crippen molar-refractivity contribution in [3.05, 3.63) is 65.6 Å². The summed E-state index contributed by atoms with van der Waals surface area (Å²) in [7, 11) is 0. The first kappa shape index (κ1) is 15.0. The van der Waals surface area contributed by atoms with Crippen molar-refractivity contribution < 1.29 is 8.78 Å². The highest BCUT2D eigenvalue weighted by Crippen LogP contribution is 2.38. The molecule has 5 heteroatoms. The monoisotopic (exact) mass is 325 g/mol. The second-order valence-electron chi connectivity index (χ2n) is 6.17. The molecule has 3 nitrogen and oxygen atoms in total. The Morgan fingerprint density at radius 2 is 2.04 bits per heavy atom. The van der Waals surface area contributed by atoms with Gasteiger partial charge in [-0.25, -0.2) is 8.78 Å². The molecule has 0 N–H and O–H groups in total. The SMILES string of the molecule is Cc1cccc(C2CCCN2c2ccnc3c(F)cc(F)cc23)n1. The molecule has 2 aromatic heterocycles. The number of halogens is 2. The van der Waals surface area contributed by atoms with Crippen LogP contribution >= 0.6 is 0 Å². The fourth-order valence-electron chi connectivity index (χ4n) is 3.53. The quantitative estimate of drug-likeness (QED) is 0.692. The molecule has 24 heavy (non-hydrogen) atoms. The lowest BCUT2D eigenvalue weighted by atomic mass is 10.1. The predicted molar refractivity (Wildman–Crippen MR) is 90.0 cm³/mol. The maximum atomic E-state index is 14.1. The molecule has 3 aromatic rings. The van der Waals surface area contributed by atoms with E-state index in [0.29, 0.717) is 5.39 Å². The van der Waals surface area contributed by atoms with Gasteiger partial charge in [0.2, 0.25) is 0 Å². The fourth-order valence-corrected chi connectivity index (χ4v) is 3.53. The summed E-state index contributed by atoms with van der Waals surface area (Å²) in [5.74, 6) is -1.21. The molecule has 0 saturated carbocycles. The van der Waals surface area contributed by atoms with Crippen molar-refractivity contribution in [3.63, 3.8) is 0 Å². The van der Waals surface area contributed by atoms with Crippen LogP contribution in [0.15, 0.2) is 42.6 Å². The minimum atomic E-state index is -0.628. The Labute approximate surface area is 139 Å². The van der Waals surface area contributed by atoms with Crippen LogP contribution in [-0.2, 0) is 0 Å². The van der Waals surface area contributed by atoms with Gasteiger partial charge in [0, 0.05) is 35.6 Å². The molecule has 1 unspecified atom stereocenters. The Hall–Kier alpha value is -2.56. The van der Waals surface area contributed by atoms with E-state index in [2.05, 4.69) is 14.9 Å². The Balaban J connectivity index is 1.84. The topological polar surface area (TPSA) is 29.0 Å². The van der Waals surface area contributed by atoms with Gasteiger partial charge >= 0.3 is 0 Å². The third kappa shape index (κ3) is 2.50. The normalized spacial score (nSPS) is 17.6. The number of aryl methyl sites for hydroxylation is 1. The van der Waals surface area contributed by atoms with E-state index in [-0.39, 0.29) is 11.6 Å². The number of hydrogen-bond donors (Lipinski definition) is 0. The standard InChI is InChI=1S/C19H17F2N3/c1-12-4-2-5-16(23-12)18-6-3-9-24(18)17-7-8-22-19-14(17)10-13(20)11-15(19)21/h2,4-5,7-8,10-11,18H,3,6,9H2,1H3. The van der Waals surface area contributed by atoms with Crippen LogP contribution in [0.4, 0.5) is 14.5 Å². The van der Waals surface area contributed by atoms with Gasteiger partial charge < -0.3 is 4.90 Å². The van der Waals surface area contributed by atoms with Gasteiger partial charge in [0.05, 0.1) is 11.7 Å². The molecular formula is C19H17F2N3. The molecule has 1 fully saturated rings. The summed E-state index contributed by atoms with van der Waals surface area (Å²) in [5, 5.41) is 0.509. The lowest BCUT2D eigenvalue weighted by Gasteiger charge is -2.27. The third-order valence-electron chi connectivity index (χ3n) is 4.55. The Morgan fingerprint density at radius 3 is 2.88 bits per heavy atom. The summed E-state index contributed by atoms with van der Waals surface area (Å²) in [5.41, 5.74) is 2.98. The van der Waals surface area contributed by atoms with Gasteiger partial charge in [0.1, 0.15) is 11.3 Å². The maximum Gasteiger partial charge on any atom is 0.152 e. The predicted octanol–water partition coefficient (Wildman–Crippen LogP) is 4.56. The van der Waals surface area contributed by atoms with Crippen LogP contribution in [0, 0.1) is 18.6 Å². The highest BCUT2D eigenvalue weighted by Gasteiger charge is 2.29. The average Bonchev–Trinajstić information content (AvgIpc) is 3.03. The number of fused-ring (bicyclic) bond motifs is 1. The third-order valence-corrected chi connectivity index (χ3v) is 4.55. The fraction of sp³-hybridized carbons (Fsp3) is 0.263. The molecule has 0 spiro atoms. The number of pyridine rings is 2. The van der Waals surface area contributed by atoms with Gasteiger partial charge in [-0.05, 0) is 44.0 Å². The highest BCUT2D eigenvalue weighted by molar-refractivity contribution is 5.92. The number of aromatic nitrogens is 2. The smallest absolute Gasteiger partial charge is 0.152 e. The number of benzene rings is 1. The second-order valence-corrected chi connectivity index (χ2v) is 6.17. The minimum absolute atomic E-state index is 0.113. The summed E-state index contributed by atoms with van der Waals surface area (Å²) in [6, 6.07) is 10.2. The van der Waals surface area contributed by atoms with Gasteiger partial charge in [0.25, 0.3) is 0 Å². The van der Waals surface area contributed by atoms with Crippen LogP contribution in [0.25, 0.3) is 10.9 Å². The van der Waals surface area contributed by atoms with Gasteiger partial charge in [0.15, 0.2) is 5.82 Å². The van der Waals surface area contributed by atoms with Gasteiger partial charge in [-0.2, -0.15) is 0 Å². The first-order valence-corrected chi connectivity index (χ1v) is 8.07. The van der Waals surface area contributed by atoms with Gasteiger partial charge in [-0.3, -0.25) is 9.97 Å². The molecule has 1 aromatic carbocycles. The zero-order chi connectivity index (χ0) is 16.7. The van der Waals surface area contributed by atoms with Crippen LogP contribution in [0.1, 0.15) is 30.3 Å². The van der Waals surface area contributed by atoms with Crippen LogP contribution < -0.4 is 4.90 Å². The zero-order valence-corrected chi connectivity index (χ0v) is 13.3. The Bertz CT molecular complexity index is 910. The van der Waals surface area contributed by atoms with Crippen LogP contribution in [-0.4, -0.2) is 16.5 Å². The van der Waals surface area contributed by atoms with E-state index in [0.717, 1.165) is 42.5 Å². The van der Waals surface area contributed by atoms with Crippen molar-refractivity contribution in [1.29, 1.82) is 0 Å². The van der Waals surface area contributed by atoms with Crippen molar-refractivity contribution in [2.75, 3.05) is 11.4 Å². The number of nitrogens with zero attached hydrogens (tertiary/aromatic N) is 3. The summed E-state index contributed by atoms with van der Waals surface area (Å²) >= 11 is 0. The molecule has 1 aliphatic rings. The number of hydrogen-bond acceptors (Lipinski definition) is 3. The second kappa shape index (κ2) is 5.82. The lowest BCUT2D eigenvalue weighted by molar-refractivity contribution is 0.590. The van der Waals surface area contributed by atoms with E-state index in [1.807, 2.05) is 31.2 Å². The van der Waals surface area contributed by atoms with E-state index >= 15 is 0 Å². The lowest BCUT2D eigenvalue weighted by Crippen LogP contribution is -2.23. The van der Waals surface area contributed by atoms with E-state index in [1.165, 1.54) is 6.07 Å². The zero-order valence-electron chi connectivity index (χ0n) is 13.3. The van der Waals surface area contributed by atoms with Crippen LogP contribution in [0.5, 0.6) is 0 Å². The summed E-state index contributed by atoms with van der Waals surface area (Å²) in [6.07, 6.45) is 3.57. The van der Waals surface area contributed by atoms with Gasteiger partial charge in [-0.15, -0.1) is 0 Å². The van der Waals surface area contributed by atoms with Crippen molar-refractivity contribution in [1.82, 2.24) is 9.97 Å². The first-order valence-electron chi connectivity index (χ1n) is 8.07. The molecule has 0 radical (unpaired) electrons. The first-order chi connectivity index (χ1) is 11.6. The Morgan fingerprint density at radius 1 is 1.17 bits per heavy atom. The largest absolute Gasteiger partial charge is 0.362 e. The van der Waals surface area contributed by atoms with E-state index < -0.39 is 11.6 Å². The molecule has 1 atom stereocenters. The molecule has 1 saturated heterocycles. The molecule has 122 valence electrons. The molecule has 4 rings (SSSR count). The highest BCUT2D eigenvalue weighted by atomic mass is 19.1. The average molecular weight is 325 g/mol. The molecule has 3 heterocycles. The van der Waals surface area contributed by atoms with Crippen LogP contribution in [0.2, 0.25) is 0 Å². The minimum Gasteiger partial charge on any atom is -0.362 e. The van der Waals surface area contributed by atoms with E-state index in [1.54, 1.807) is 6.20 Å². The summed E-state index contributed by atoms with van der Waals surface area (Å²) in [6.45, 7) is 2.80. The number of rotatable bonds is 2. The summed E-state index contributed by atoms with van der Waals surface area (Å²) in [4.78, 5) is 10.9. The van der Waals surface area contributed by atoms with Crippen molar-refractivity contribution in [3.8, 4) is 0 Å². The van der Waals surface area contributed by atoms with Crippen LogP contribution in [0.3, 0.4) is 0 Å². The molecule has 1 aliphatic heterocycles. The maximum absolute atomic E-state index is 14.1. The summed E-state index contributed by atoms with van der Waals surface area (Å²) < 4.78 is 27.8. The van der Waals surface area contributed by atoms with E-state index in [9.17, 15) is 8.78 Å². The molecular weight excluding hydrogens is 308 g/mol. The molecule has 0 aliphatic carbocycles. The Kier molecular flexibility index (Phi) is 3.63. The number of anilines is 1. The molecule has 0 amide bonds. The molecule has 0 bridgehead atoms. The van der Waals surface area contributed by atoms with E-state index in [4.69, 9.17) is 0 Å².